The van der Waals surface area contributed by atoms with Crippen molar-refractivity contribution < 1.29 is 22.7 Å². The number of aryl methyl sites for hydroxylation is 2. The maximum absolute atomic E-state index is 12.5. The first-order valence-corrected chi connectivity index (χ1v) is 8.80. The summed E-state index contributed by atoms with van der Waals surface area (Å²) in [5.74, 6) is 0.977. The highest BCUT2D eigenvalue weighted by atomic mass is 32.2. The van der Waals surface area contributed by atoms with Crippen molar-refractivity contribution in [3.63, 3.8) is 0 Å². The molecule has 9 heteroatoms. The normalized spacial score (nSPS) is 22.6. The second kappa shape index (κ2) is 6.60. The largest absolute Gasteiger partial charge is 0.466 e. The topological polar surface area (TPSA) is 103 Å². The molecule has 0 aromatic carbocycles. The van der Waals surface area contributed by atoms with Crippen LogP contribution in [0.5, 0.6) is 0 Å². The van der Waals surface area contributed by atoms with Gasteiger partial charge in [0.25, 0.3) is 16.1 Å². The van der Waals surface area contributed by atoms with E-state index in [0.29, 0.717) is 30.0 Å². The zero-order valence-electron chi connectivity index (χ0n) is 13.7. The van der Waals surface area contributed by atoms with Gasteiger partial charge in [0.2, 0.25) is 0 Å². The number of nitrogens with one attached hydrogen (secondary N) is 1. The van der Waals surface area contributed by atoms with Gasteiger partial charge in [-0.1, -0.05) is 0 Å². The van der Waals surface area contributed by atoms with Crippen LogP contribution in [0.1, 0.15) is 28.3 Å². The smallest absolute Gasteiger partial charge is 0.279 e. The Labute approximate surface area is 136 Å². The number of nitrogens with zero attached hydrogens (tertiary/aromatic N) is 2. The average Bonchev–Trinajstić information content (AvgIpc) is 2.78. The van der Waals surface area contributed by atoms with Crippen molar-refractivity contribution in [3.8, 4) is 0 Å². The van der Waals surface area contributed by atoms with Crippen LogP contribution in [0, 0.1) is 13.8 Å². The maximum Gasteiger partial charge on any atom is 0.279 e. The molecule has 2 heterocycles. The third-order valence-electron chi connectivity index (χ3n) is 3.92. The van der Waals surface area contributed by atoms with Crippen LogP contribution in [0.25, 0.3) is 0 Å². The van der Waals surface area contributed by atoms with Crippen LogP contribution in [0.3, 0.4) is 0 Å². The number of hydrogen-bond acceptors (Lipinski definition) is 5. The van der Waals surface area contributed by atoms with Crippen molar-refractivity contribution in [1.82, 2.24) is 13.9 Å². The van der Waals surface area contributed by atoms with Gasteiger partial charge in [-0.15, -0.1) is 0 Å². The summed E-state index contributed by atoms with van der Waals surface area (Å²) in [5.41, 5.74) is 0.474. The lowest BCUT2D eigenvalue weighted by Gasteiger charge is -2.36. The Hall–Kier alpha value is -1.42. The van der Waals surface area contributed by atoms with E-state index in [1.807, 2.05) is 0 Å². The molecule has 1 fully saturated rings. The summed E-state index contributed by atoms with van der Waals surface area (Å²) in [4.78, 5) is 14.0. The molecule has 2 N–H and O–H groups in total. The molecule has 1 aliphatic heterocycles. The van der Waals surface area contributed by atoms with Crippen LogP contribution in [0.15, 0.2) is 10.5 Å². The Bertz CT molecular complexity index is 683. The van der Waals surface area contributed by atoms with Gasteiger partial charge >= 0.3 is 0 Å². The first-order chi connectivity index (χ1) is 10.6. The van der Waals surface area contributed by atoms with Crippen molar-refractivity contribution in [1.29, 1.82) is 0 Å². The molecule has 2 rings (SSSR count). The van der Waals surface area contributed by atoms with Gasteiger partial charge < -0.3 is 14.4 Å². The predicted octanol–water partition coefficient (Wildman–Crippen LogP) is -0.132. The van der Waals surface area contributed by atoms with Gasteiger partial charge in [0, 0.05) is 27.2 Å². The number of furan rings is 1. The molecule has 0 unspecified atom stereocenters. The number of hydrogen-bond donors (Lipinski definition) is 2. The van der Waals surface area contributed by atoms with Crippen LogP contribution in [-0.2, 0) is 10.2 Å². The molecule has 0 radical (unpaired) electrons. The van der Waals surface area contributed by atoms with Crippen LogP contribution in [-0.4, -0.2) is 68.0 Å². The van der Waals surface area contributed by atoms with E-state index in [2.05, 4.69) is 4.72 Å². The number of piperidine rings is 1. The van der Waals surface area contributed by atoms with Gasteiger partial charge in [-0.2, -0.15) is 17.4 Å². The Balaban J connectivity index is 2.04. The molecule has 1 saturated heterocycles. The first kappa shape index (κ1) is 17.9. The fourth-order valence-electron chi connectivity index (χ4n) is 2.56. The van der Waals surface area contributed by atoms with Crippen LogP contribution < -0.4 is 4.72 Å². The van der Waals surface area contributed by atoms with Gasteiger partial charge in [-0.25, -0.2) is 0 Å². The molecule has 1 aromatic heterocycles. The monoisotopic (exact) mass is 345 g/mol. The molecular weight excluding hydrogens is 322 g/mol. The zero-order valence-corrected chi connectivity index (χ0v) is 14.6. The van der Waals surface area contributed by atoms with E-state index in [4.69, 9.17) is 4.42 Å². The Kier molecular flexibility index (Phi) is 5.14. The van der Waals surface area contributed by atoms with Gasteiger partial charge in [0.05, 0.1) is 17.7 Å². The van der Waals surface area contributed by atoms with Gasteiger partial charge in [-0.05, 0) is 26.3 Å². The SMILES string of the molecule is Cc1cc(C(=O)N2CC[C@@H](NS(=O)(=O)N(C)C)[C@H](O)C2)c(C)o1. The summed E-state index contributed by atoms with van der Waals surface area (Å²) in [6.07, 6.45) is -0.619. The summed E-state index contributed by atoms with van der Waals surface area (Å²) in [6.45, 7) is 3.92. The minimum Gasteiger partial charge on any atom is -0.466 e. The van der Waals surface area contributed by atoms with Crippen molar-refractivity contribution in [2.24, 2.45) is 0 Å². The number of β-amino-alcohol motifs (C(OH)–C–C–N with tert-alkyl or cyclic N) is 1. The van der Waals surface area contributed by atoms with Crippen LogP contribution >= 0.6 is 0 Å². The quantitative estimate of drug-likeness (QED) is 0.791. The van der Waals surface area contributed by atoms with E-state index < -0.39 is 22.4 Å². The minimum absolute atomic E-state index is 0.0725. The standard InChI is InChI=1S/C14H23N3O5S/c1-9-7-11(10(2)22-9)14(19)17-6-5-12(13(18)8-17)15-23(20,21)16(3)4/h7,12-13,15,18H,5-6,8H2,1-4H3/t12-,13-/m1/s1. The second-order valence-corrected chi connectivity index (χ2v) is 7.86. The molecule has 2 atom stereocenters. The highest BCUT2D eigenvalue weighted by molar-refractivity contribution is 7.87. The Morgan fingerprint density at radius 3 is 2.57 bits per heavy atom. The number of aliphatic hydroxyl groups is 1. The van der Waals surface area contributed by atoms with Crippen molar-refractivity contribution in [2.45, 2.75) is 32.4 Å². The first-order valence-electron chi connectivity index (χ1n) is 7.36. The molecule has 8 nitrogen and oxygen atoms in total. The number of likely N-dealkylation sites (tertiary alicyclic amines) is 1. The van der Waals surface area contributed by atoms with E-state index in [1.54, 1.807) is 19.9 Å². The zero-order chi connectivity index (χ0) is 17.4. The number of carbonyl (C=O) groups excluding carboxylic acids is 1. The summed E-state index contributed by atoms with van der Waals surface area (Å²) in [6, 6.07) is 1.06. The molecule has 0 bridgehead atoms. The van der Waals surface area contributed by atoms with E-state index in [-0.39, 0.29) is 12.5 Å². The fourth-order valence-corrected chi connectivity index (χ4v) is 3.43. The van der Waals surface area contributed by atoms with Crippen LogP contribution in [0.2, 0.25) is 0 Å². The third-order valence-corrected chi connectivity index (χ3v) is 5.48. The summed E-state index contributed by atoms with van der Waals surface area (Å²) in [7, 11) is -0.791. The lowest BCUT2D eigenvalue weighted by Crippen LogP contribution is -2.56. The summed E-state index contributed by atoms with van der Waals surface area (Å²) in [5, 5.41) is 10.2. The van der Waals surface area contributed by atoms with Gasteiger partial charge in [-0.3, -0.25) is 4.79 Å². The predicted molar refractivity (Wildman–Crippen MR) is 84.2 cm³/mol. The molecule has 130 valence electrons. The molecule has 0 aliphatic carbocycles. The molecule has 0 spiro atoms. The second-order valence-electron chi connectivity index (χ2n) is 5.95. The van der Waals surface area contributed by atoms with E-state index >= 15 is 0 Å². The molecule has 1 amide bonds. The molecule has 1 aromatic rings. The van der Waals surface area contributed by atoms with Gasteiger partial charge in [0.15, 0.2) is 0 Å². The molecule has 1 aliphatic rings. The number of amides is 1. The van der Waals surface area contributed by atoms with E-state index in [0.717, 1.165) is 4.31 Å². The van der Waals surface area contributed by atoms with Crippen molar-refractivity contribution in [2.75, 3.05) is 27.2 Å². The molecular formula is C14H23N3O5S. The number of rotatable bonds is 4. The average molecular weight is 345 g/mol. The lowest BCUT2D eigenvalue weighted by molar-refractivity contribution is 0.0363. The lowest BCUT2D eigenvalue weighted by atomic mass is 10.0. The maximum atomic E-state index is 12.5. The highest BCUT2D eigenvalue weighted by Crippen LogP contribution is 2.20. The number of aliphatic hydroxyl groups excluding tert-OH is 1. The summed E-state index contributed by atoms with van der Waals surface area (Å²) < 4.78 is 32.5. The van der Waals surface area contributed by atoms with E-state index in [9.17, 15) is 18.3 Å². The third kappa shape index (κ3) is 3.92. The van der Waals surface area contributed by atoms with E-state index in [1.165, 1.54) is 19.0 Å². The fraction of sp³-hybridized carbons (Fsp3) is 0.643. The van der Waals surface area contributed by atoms with Crippen molar-refractivity contribution >= 4 is 16.1 Å². The Morgan fingerprint density at radius 1 is 1.43 bits per heavy atom. The van der Waals surface area contributed by atoms with Crippen molar-refractivity contribution in [3.05, 3.63) is 23.2 Å². The summed E-state index contributed by atoms with van der Waals surface area (Å²) >= 11 is 0. The minimum atomic E-state index is -3.62. The van der Waals surface area contributed by atoms with Gasteiger partial charge in [0.1, 0.15) is 11.5 Å². The van der Waals surface area contributed by atoms with Crippen LogP contribution in [0.4, 0.5) is 0 Å². The number of carbonyl (C=O) groups is 1. The highest BCUT2D eigenvalue weighted by Gasteiger charge is 2.34. The molecule has 0 saturated carbocycles. The molecule has 23 heavy (non-hydrogen) atoms. The Morgan fingerprint density at radius 2 is 2.09 bits per heavy atom.